The number of rotatable bonds is 2. The third kappa shape index (κ3) is 2.22. The topological polar surface area (TPSA) is 32.6 Å². The van der Waals surface area contributed by atoms with Crippen molar-refractivity contribution in [1.82, 2.24) is 0 Å². The Hall–Kier alpha value is -3.13. The molecular weight excluding hydrogens is 306 g/mol. The number of phenolic OH excluding ortho intramolecular Hbond substituents is 1. The molecule has 1 N–H and O–H groups in total. The highest BCUT2D eigenvalue weighted by molar-refractivity contribution is 6.05. The van der Waals surface area contributed by atoms with Crippen LogP contribution in [0.4, 0.5) is 5.69 Å². The molecule has 0 fully saturated rings. The Bertz CT molecular complexity index is 1150. The minimum atomic E-state index is 0.258. The Labute approximate surface area is 146 Å². The molecule has 0 saturated carbocycles. The Kier molecular flexibility index (Phi) is 3.10. The van der Waals surface area contributed by atoms with Gasteiger partial charge in [-0.1, -0.05) is 54.6 Å². The molecule has 120 valence electrons. The van der Waals surface area contributed by atoms with Crippen LogP contribution < -0.4 is 0 Å². The van der Waals surface area contributed by atoms with Crippen LogP contribution in [0, 0.1) is 0 Å². The first-order chi connectivity index (χ1) is 12.3. The lowest BCUT2D eigenvalue weighted by Gasteiger charge is -2.07. The van der Waals surface area contributed by atoms with Crippen molar-refractivity contribution in [3.05, 3.63) is 83.4 Å². The van der Waals surface area contributed by atoms with E-state index in [1.165, 1.54) is 21.9 Å². The minimum absolute atomic E-state index is 0.258. The van der Waals surface area contributed by atoms with Crippen LogP contribution in [0.5, 0.6) is 5.75 Å². The number of benzene rings is 4. The zero-order valence-electron chi connectivity index (χ0n) is 13.7. The Morgan fingerprint density at radius 3 is 2.48 bits per heavy atom. The van der Waals surface area contributed by atoms with Gasteiger partial charge < -0.3 is 5.11 Å². The van der Waals surface area contributed by atoms with E-state index in [1.54, 1.807) is 12.3 Å². The van der Waals surface area contributed by atoms with Crippen LogP contribution in [0.1, 0.15) is 16.7 Å². The fourth-order valence-corrected chi connectivity index (χ4v) is 3.90. The molecule has 1 aliphatic rings. The van der Waals surface area contributed by atoms with Crippen LogP contribution in [0.15, 0.2) is 71.7 Å². The van der Waals surface area contributed by atoms with Gasteiger partial charge >= 0.3 is 0 Å². The molecule has 0 heterocycles. The first-order valence-corrected chi connectivity index (χ1v) is 8.59. The second-order valence-electron chi connectivity index (χ2n) is 6.56. The average Bonchev–Trinajstić information content (AvgIpc) is 3.07. The smallest absolute Gasteiger partial charge is 0.124 e. The second-order valence-corrected chi connectivity index (χ2v) is 6.56. The maximum atomic E-state index is 10.3. The van der Waals surface area contributed by atoms with Crippen molar-refractivity contribution < 1.29 is 5.11 Å². The minimum Gasteiger partial charge on any atom is -0.507 e. The first kappa shape index (κ1) is 14.2. The van der Waals surface area contributed by atoms with Gasteiger partial charge in [-0.25, -0.2) is 0 Å². The van der Waals surface area contributed by atoms with E-state index >= 15 is 0 Å². The normalized spacial score (nSPS) is 13.3. The molecule has 0 aliphatic heterocycles. The zero-order chi connectivity index (χ0) is 16.8. The van der Waals surface area contributed by atoms with E-state index in [0.717, 1.165) is 34.9 Å². The van der Waals surface area contributed by atoms with Crippen molar-refractivity contribution in [2.75, 3.05) is 0 Å². The summed E-state index contributed by atoms with van der Waals surface area (Å²) in [4.78, 5) is 4.74. The van der Waals surface area contributed by atoms with Crippen LogP contribution in [0.25, 0.3) is 21.5 Å². The van der Waals surface area contributed by atoms with E-state index < -0.39 is 0 Å². The van der Waals surface area contributed by atoms with Crippen LogP contribution in [-0.2, 0) is 12.8 Å². The van der Waals surface area contributed by atoms with Gasteiger partial charge in [0.1, 0.15) is 5.75 Å². The Balaban J connectivity index is 1.68. The number of nitrogens with zero attached hydrogens (tertiary/aromatic N) is 1. The highest BCUT2D eigenvalue weighted by Crippen LogP contribution is 2.36. The van der Waals surface area contributed by atoms with Gasteiger partial charge in [-0.05, 0) is 52.3 Å². The highest BCUT2D eigenvalue weighted by atomic mass is 16.3. The van der Waals surface area contributed by atoms with E-state index in [-0.39, 0.29) is 5.75 Å². The number of aromatic hydroxyl groups is 1. The summed E-state index contributed by atoms with van der Waals surface area (Å²) < 4.78 is 0. The standard InChI is InChI=1S/C23H17NO/c25-22-13-11-15-4-1-2-6-18(15)20(22)14-24-21-12-10-17-9-8-16-5-3-7-19(21)23(16)17/h1-7,10-14,25H,8-9H2. The second kappa shape index (κ2) is 5.45. The van der Waals surface area contributed by atoms with Gasteiger partial charge in [0.25, 0.3) is 0 Å². The van der Waals surface area contributed by atoms with Gasteiger partial charge in [0, 0.05) is 17.2 Å². The lowest BCUT2D eigenvalue weighted by Crippen LogP contribution is -1.86. The van der Waals surface area contributed by atoms with E-state index in [4.69, 9.17) is 4.99 Å². The SMILES string of the molecule is Oc1ccc2ccccc2c1C=Nc1ccc2c3c(cccc13)CC2. The number of aliphatic imine (C=N–C) groups is 1. The summed E-state index contributed by atoms with van der Waals surface area (Å²) in [7, 11) is 0. The van der Waals surface area contributed by atoms with Crippen molar-refractivity contribution in [1.29, 1.82) is 0 Å². The summed E-state index contributed by atoms with van der Waals surface area (Å²) in [6.07, 6.45) is 4.02. The molecule has 0 bridgehead atoms. The summed E-state index contributed by atoms with van der Waals surface area (Å²) in [5.74, 6) is 0.258. The van der Waals surface area contributed by atoms with E-state index in [0.29, 0.717) is 0 Å². The molecule has 0 aromatic heterocycles. The number of phenols is 1. The van der Waals surface area contributed by atoms with Crippen molar-refractivity contribution >= 4 is 33.4 Å². The van der Waals surface area contributed by atoms with Crippen LogP contribution in [-0.4, -0.2) is 11.3 Å². The summed E-state index contributed by atoms with van der Waals surface area (Å²) >= 11 is 0. The van der Waals surface area contributed by atoms with E-state index in [1.807, 2.05) is 30.3 Å². The van der Waals surface area contributed by atoms with Crippen LogP contribution in [0.3, 0.4) is 0 Å². The molecule has 0 amide bonds. The molecule has 5 rings (SSSR count). The van der Waals surface area contributed by atoms with Crippen molar-refractivity contribution in [2.45, 2.75) is 12.8 Å². The maximum absolute atomic E-state index is 10.3. The molecule has 4 aromatic carbocycles. The van der Waals surface area contributed by atoms with Gasteiger partial charge in [0.15, 0.2) is 0 Å². The number of hydrogen-bond acceptors (Lipinski definition) is 2. The van der Waals surface area contributed by atoms with Crippen molar-refractivity contribution in [3.8, 4) is 5.75 Å². The molecule has 4 aromatic rings. The summed E-state index contributed by atoms with van der Waals surface area (Å²) in [6.45, 7) is 0. The van der Waals surface area contributed by atoms with Gasteiger partial charge in [0.05, 0.1) is 5.69 Å². The van der Waals surface area contributed by atoms with Gasteiger partial charge in [-0.3, -0.25) is 4.99 Å². The Morgan fingerprint density at radius 1 is 0.760 bits per heavy atom. The third-order valence-electron chi connectivity index (χ3n) is 5.13. The maximum Gasteiger partial charge on any atom is 0.124 e. The zero-order valence-corrected chi connectivity index (χ0v) is 13.7. The summed E-state index contributed by atoms with van der Waals surface area (Å²) in [6, 6.07) is 22.5. The van der Waals surface area contributed by atoms with Gasteiger partial charge in [0.2, 0.25) is 0 Å². The fourth-order valence-electron chi connectivity index (χ4n) is 3.90. The molecule has 25 heavy (non-hydrogen) atoms. The number of fused-ring (bicyclic) bond motifs is 1. The van der Waals surface area contributed by atoms with E-state index in [2.05, 4.69) is 30.3 Å². The van der Waals surface area contributed by atoms with Crippen LogP contribution >= 0.6 is 0 Å². The predicted molar refractivity (Wildman–Crippen MR) is 104 cm³/mol. The quantitative estimate of drug-likeness (QED) is 0.482. The molecule has 0 saturated heterocycles. The molecule has 0 unspecified atom stereocenters. The molecule has 1 aliphatic carbocycles. The first-order valence-electron chi connectivity index (χ1n) is 8.59. The monoisotopic (exact) mass is 323 g/mol. The van der Waals surface area contributed by atoms with Crippen LogP contribution in [0.2, 0.25) is 0 Å². The van der Waals surface area contributed by atoms with Gasteiger partial charge in [-0.2, -0.15) is 0 Å². The molecule has 0 radical (unpaired) electrons. The van der Waals surface area contributed by atoms with Crippen molar-refractivity contribution in [3.63, 3.8) is 0 Å². The predicted octanol–water partition coefficient (Wildman–Crippen LogP) is 5.55. The average molecular weight is 323 g/mol. The van der Waals surface area contributed by atoms with Crippen molar-refractivity contribution in [2.24, 2.45) is 4.99 Å². The third-order valence-corrected chi connectivity index (χ3v) is 5.13. The Morgan fingerprint density at radius 2 is 1.56 bits per heavy atom. The molecule has 0 spiro atoms. The number of hydrogen-bond donors (Lipinski definition) is 1. The largest absolute Gasteiger partial charge is 0.507 e. The molecule has 0 atom stereocenters. The summed E-state index contributed by atoms with van der Waals surface area (Å²) in [5, 5.41) is 15.0. The molecular formula is C23H17NO. The molecule has 2 heteroatoms. The summed E-state index contributed by atoms with van der Waals surface area (Å²) in [5.41, 5.74) is 4.55. The van der Waals surface area contributed by atoms with E-state index in [9.17, 15) is 5.11 Å². The lowest BCUT2D eigenvalue weighted by atomic mass is 10.0. The fraction of sp³-hybridized carbons (Fsp3) is 0.0870. The van der Waals surface area contributed by atoms with Gasteiger partial charge in [-0.15, -0.1) is 0 Å². The lowest BCUT2D eigenvalue weighted by molar-refractivity contribution is 0.475. The molecule has 2 nitrogen and oxygen atoms in total. The number of aryl methyl sites for hydroxylation is 2. The highest BCUT2D eigenvalue weighted by Gasteiger charge is 2.15.